The fourth-order valence-electron chi connectivity index (χ4n) is 2.46. The summed E-state index contributed by atoms with van der Waals surface area (Å²) in [6.07, 6.45) is 0.129. The number of hydrogen-bond donors (Lipinski definition) is 2. The number of ether oxygens (including phenoxy) is 3. The van der Waals surface area contributed by atoms with Crippen molar-refractivity contribution in [3.8, 4) is 17.2 Å². The molecule has 0 fully saturated rings. The molecule has 0 saturated heterocycles. The van der Waals surface area contributed by atoms with Gasteiger partial charge in [-0.1, -0.05) is 6.07 Å². The number of benzene rings is 2. The largest absolute Gasteiger partial charge is 0.497 e. The van der Waals surface area contributed by atoms with Gasteiger partial charge in [0.15, 0.2) is 0 Å². The second-order valence-electron chi connectivity index (χ2n) is 5.86. The molecule has 0 aromatic heterocycles. The zero-order chi connectivity index (χ0) is 19.8. The number of aryl methyl sites for hydroxylation is 1. The van der Waals surface area contributed by atoms with Crippen molar-refractivity contribution in [3.63, 3.8) is 0 Å². The Kier molecular flexibility index (Phi) is 7.05. The van der Waals surface area contributed by atoms with Crippen LogP contribution < -0.4 is 24.8 Å². The maximum absolute atomic E-state index is 12.3. The number of nitrogens with one attached hydrogen (secondary N) is 2. The van der Waals surface area contributed by atoms with Crippen molar-refractivity contribution in [2.45, 2.75) is 13.3 Å². The number of carbonyl (C=O) groups is 2. The smallest absolute Gasteiger partial charge is 0.251 e. The lowest BCUT2D eigenvalue weighted by molar-refractivity contribution is -0.116. The number of rotatable bonds is 8. The van der Waals surface area contributed by atoms with Crippen LogP contribution in [0, 0.1) is 6.92 Å². The molecule has 0 unspecified atom stereocenters. The minimum absolute atomic E-state index is 0.129. The first-order valence-electron chi connectivity index (χ1n) is 8.42. The molecule has 0 aliphatic carbocycles. The average Bonchev–Trinajstić information content (AvgIpc) is 2.67. The van der Waals surface area contributed by atoms with Gasteiger partial charge < -0.3 is 24.8 Å². The molecule has 144 valence electrons. The third-order valence-electron chi connectivity index (χ3n) is 3.88. The molecule has 2 amide bonds. The maximum atomic E-state index is 12.3. The molecule has 27 heavy (non-hydrogen) atoms. The van der Waals surface area contributed by atoms with Crippen molar-refractivity contribution in [2.24, 2.45) is 0 Å². The Balaban J connectivity index is 1.91. The van der Waals surface area contributed by atoms with Gasteiger partial charge in [-0.15, -0.1) is 0 Å². The Bertz CT molecular complexity index is 798. The van der Waals surface area contributed by atoms with E-state index in [1.165, 1.54) is 14.2 Å². The number of carbonyl (C=O) groups excluding carboxylic acids is 2. The van der Waals surface area contributed by atoms with Crippen LogP contribution in [-0.4, -0.2) is 39.7 Å². The Morgan fingerprint density at radius 3 is 2.19 bits per heavy atom. The molecule has 0 spiro atoms. The zero-order valence-corrected chi connectivity index (χ0v) is 15.9. The second kappa shape index (κ2) is 9.47. The van der Waals surface area contributed by atoms with Crippen LogP contribution in [0.3, 0.4) is 0 Å². The summed E-state index contributed by atoms with van der Waals surface area (Å²) in [6, 6.07) is 10.4. The summed E-state index contributed by atoms with van der Waals surface area (Å²) >= 11 is 0. The first-order valence-corrected chi connectivity index (χ1v) is 8.42. The van der Waals surface area contributed by atoms with E-state index in [1.54, 1.807) is 31.4 Å². The Labute approximate surface area is 158 Å². The Morgan fingerprint density at radius 1 is 0.926 bits per heavy atom. The predicted octanol–water partition coefficient (Wildman–Crippen LogP) is 2.78. The van der Waals surface area contributed by atoms with Crippen molar-refractivity contribution in [1.29, 1.82) is 0 Å². The minimum atomic E-state index is -0.312. The zero-order valence-electron chi connectivity index (χ0n) is 15.9. The lowest BCUT2D eigenvalue weighted by Gasteiger charge is -2.12. The summed E-state index contributed by atoms with van der Waals surface area (Å²) in [7, 11) is 4.57. The number of hydrogen-bond acceptors (Lipinski definition) is 5. The summed E-state index contributed by atoms with van der Waals surface area (Å²) in [5.41, 5.74) is 2.00. The van der Waals surface area contributed by atoms with E-state index in [1.807, 2.05) is 19.1 Å². The van der Waals surface area contributed by atoms with Crippen molar-refractivity contribution < 1.29 is 23.8 Å². The summed E-state index contributed by atoms with van der Waals surface area (Å²) in [5.74, 6) is 1.09. The monoisotopic (exact) mass is 372 g/mol. The summed E-state index contributed by atoms with van der Waals surface area (Å²) < 4.78 is 15.5. The summed E-state index contributed by atoms with van der Waals surface area (Å²) in [4.78, 5) is 24.4. The van der Waals surface area contributed by atoms with Gasteiger partial charge in [0.05, 0.1) is 27.0 Å². The molecule has 2 aromatic rings. The highest BCUT2D eigenvalue weighted by molar-refractivity contribution is 5.96. The molecule has 0 atom stereocenters. The molecular weight excluding hydrogens is 348 g/mol. The van der Waals surface area contributed by atoms with Gasteiger partial charge in [-0.25, -0.2) is 0 Å². The maximum Gasteiger partial charge on any atom is 0.251 e. The molecule has 7 heteroatoms. The van der Waals surface area contributed by atoms with E-state index in [9.17, 15) is 9.59 Å². The van der Waals surface area contributed by atoms with Crippen molar-refractivity contribution >= 4 is 17.5 Å². The first-order chi connectivity index (χ1) is 13.0. The molecule has 7 nitrogen and oxygen atoms in total. The van der Waals surface area contributed by atoms with Crippen molar-refractivity contribution in [1.82, 2.24) is 5.32 Å². The fourth-order valence-corrected chi connectivity index (χ4v) is 2.46. The third-order valence-corrected chi connectivity index (χ3v) is 3.88. The van der Waals surface area contributed by atoms with Crippen LogP contribution >= 0.6 is 0 Å². The van der Waals surface area contributed by atoms with Crippen LogP contribution in [0.2, 0.25) is 0 Å². The molecule has 0 bridgehead atoms. The van der Waals surface area contributed by atoms with E-state index >= 15 is 0 Å². The molecule has 2 aromatic carbocycles. The molecule has 0 radical (unpaired) electrons. The molecule has 0 aliphatic rings. The van der Waals surface area contributed by atoms with Gasteiger partial charge in [0, 0.05) is 24.6 Å². The van der Waals surface area contributed by atoms with E-state index in [-0.39, 0.29) is 24.8 Å². The van der Waals surface area contributed by atoms with E-state index in [4.69, 9.17) is 14.2 Å². The van der Waals surface area contributed by atoms with Crippen molar-refractivity contribution in [3.05, 3.63) is 47.5 Å². The van der Waals surface area contributed by atoms with Gasteiger partial charge in [0.25, 0.3) is 5.91 Å². The number of anilines is 1. The topological polar surface area (TPSA) is 85.9 Å². The highest BCUT2D eigenvalue weighted by atomic mass is 16.5. The van der Waals surface area contributed by atoms with E-state index in [0.717, 1.165) is 5.56 Å². The van der Waals surface area contributed by atoms with Crippen LogP contribution in [0.25, 0.3) is 0 Å². The lowest BCUT2D eigenvalue weighted by Crippen LogP contribution is -2.27. The fraction of sp³-hybridized carbons (Fsp3) is 0.300. The minimum Gasteiger partial charge on any atom is -0.497 e. The molecule has 0 saturated carbocycles. The van der Waals surface area contributed by atoms with Gasteiger partial charge in [-0.05, 0) is 36.8 Å². The van der Waals surface area contributed by atoms with Gasteiger partial charge in [0.2, 0.25) is 5.91 Å². The lowest BCUT2D eigenvalue weighted by atomic mass is 10.2. The molecule has 2 rings (SSSR count). The van der Waals surface area contributed by atoms with Gasteiger partial charge in [0.1, 0.15) is 17.2 Å². The highest BCUT2D eigenvalue weighted by Crippen LogP contribution is 2.25. The summed E-state index contributed by atoms with van der Waals surface area (Å²) in [5, 5.41) is 5.51. The molecule has 0 aliphatic heterocycles. The highest BCUT2D eigenvalue weighted by Gasteiger charge is 2.11. The third kappa shape index (κ3) is 5.64. The van der Waals surface area contributed by atoms with Gasteiger partial charge in [-0.2, -0.15) is 0 Å². The number of amides is 2. The van der Waals surface area contributed by atoms with Crippen molar-refractivity contribution in [2.75, 3.05) is 33.2 Å². The van der Waals surface area contributed by atoms with Crippen LogP contribution in [0.1, 0.15) is 22.3 Å². The second-order valence-corrected chi connectivity index (χ2v) is 5.86. The normalized spacial score (nSPS) is 10.1. The predicted molar refractivity (Wildman–Crippen MR) is 103 cm³/mol. The van der Waals surface area contributed by atoms with Crippen LogP contribution in [0.4, 0.5) is 5.69 Å². The van der Waals surface area contributed by atoms with Crippen LogP contribution in [0.15, 0.2) is 36.4 Å². The standard InChI is InChI=1S/C20H24N2O5/c1-13-5-6-18(27-4)17(9-13)22-19(23)7-8-21-20(24)14-10-15(25-2)12-16(11-14)26-3/h5-6,9-12H,7-8H2,1-4H3,(H,21,24)(H,22,23). The first kappa shape index (κ1) is 20.1. The van der Waals surface area contributed by atoms with E-state index in [0.29, 0.717) is 28.5 Å². The summed E-state index contributed by atoms with van der Waals surface area (Å²) in [6.45, 7) is 2.12. The number of methoxy groups -OCH3 is 3. The molecular formula is C20H24N2O5. The quantitative estimate of drug-likeness (QED) is 0.744. The molecule has 0 heterocycles. The Morgan fingerprint density at radius 2 is 1.59 bits per heavy atom. The molecule has 2 N–H and O–H groups in total. The van der Waals surface area contributed by atoms with Gasteiger partial charge in [-0.3, -0.25) is 9.59 Å². The Hall–Kier alpha value is -3.22. The average molecular weight is 372 g/mol. The van der Waals surface area contributed by atoms with Crippen LogP contribution in [0.5, 0.6) is 17.2 Å². The van der Waals surface area contributed by atoms with Gasteiger partial charge >= 0.3 is 0 Å². The van der Waals surface area contributed by atoms with E-state index < -0.39 is 0 Å². The van der Waals surface area contributed by atoms with E-state index in [2.05, 4.69) is 10.6 Å². The van der Waals surface area contributed by atoms with Crippen LogP contribution in [-0.2, 0) is 4.79 Å². The SMILES string of the molecule is COc1cc(OC)cc(C(=O)NCCC(=O)Nc2cc(C)ccc2OC)c1.